The molecule has 45 heavy (non-hydrogen) atoms. The summed E-state index contributed by atoms with van der Waals surface area (Å²) in [4.78, 5) is 25.2. The highest BCUT2D eigenvalue weighted by Gasteiger charge is 2.84. The zero-order chi connectivity index (χ0) is 33.1. The van der Waals surface area contributed by atoms with Crippen molar-refractivity contribution >= 4 is 12.1 Å². The van der Waals surface area contributed by atoms with Crippen LogP contribution in [0.15, 0.2) is 0 Å². The maximum Gasteiger partial charge on any atom is 0.410 e. The molecule has 5 saturated carbocycles. The van der Waals surface area contributed by atoms with Crippen molar-refractivity contribution in [3.05, 3.63) is 0 Å². The van der Waals surface area contributed by atoms with Crippen LogP contribution in [0.5, 0.6) is 0 Å². The number of hydrogen-bond acceptors (Lipinski definition) is 7. The summed E-state index contributed by atoms with van der Waals surface area (Å²) >= 11 is 0. The smallest absolute Gasteiger partial charge is 0.410 e. The van der Waals surface area contributed by atoms with Crippen molar-refractivity contribution < 1.29 is 39.1 Å². The number of fused-ring (bicyclic) bond motifs is 4. The van der Waals surface area contributed by atoms with E-state index in [1.807, 2.05) is 6.92 Å². The molecule has 6 aliphatic rings. The van der Waals surface area contributed by atoms with E-state index in [0.29, 0.717) is 24.4 Å². The minimum absolute atomic E-state index is 0.0547. The molecule has 256 valence electrons. The Kier molecular flexibility index (Phi) is 7.84. The molecule has 1 aliphatic heterocycles. The molecule has 6 rings (SSSR count). The number of nitrogens with zero attached hydrogens (tertiary/aromatic N) is 1. The number of aliphatic hydroxyl groups excluding tert-OH is 1. The summed E-state index contributed by atoms with van der Waals surface area (Å²) in [6.45, 7) is 17.3. The molecule has 13 atom stereocenters. The van der Waals surface area contributed by atoms with Gasteiger partial charge in [0.15, 0.2) is 0 Å². The van der Waals surface area contributed by atoms with E-state index in [1.54, 1.807) is 13.8 Å². The zero-order valence-electron chi connectivity index (χ0n) is 29.1. The van der Waals surface area contributed by atoms with Gasteiger partial charge < -0.3 is 34.4 Å². The van der Waals surface area contributed by atoms with Gasteiger partial charge in [-0.25, -0.2) is 4.79 Å². The number of aliphatic hydroxyl groups is 2. The number of rotatable bonds is 7. The molecule has 0 aromatic carbocycles. The fraction of sp³-hybridized carbons (Fsp3) is 0.944. The van der Waals surface area contributed by atoms with Gasteiger partial charge in [0.05, 0.1) is 23.9 Å². The lowest BCUT2D eigenvalue weighted by molar-refractivity contribution is -0.215. The van der Waals surface area contributed by atoms with Gasteiger partial charge in [0.1, 0.15) is 18.8 Å². The maximum atomic E-state index is 12.8. The van der Waals surface area contributed by atoms with Gasteiger partial charge in [-0.05, 0) is 112 Å². The fourth-order valence-electron chi connectivity index (χ4n) is 13.1. The van der Waals surface area contributed by atoms with Crippen LogP contribution in [-0.2, 0) is 19.0 Å². The van der Waals surface area contributed by atoms with Crippen LogP contribution >= 0.6 is 0 Å². The van der Waals surface area contributed by atoms with Gasteiger partial charge in [0.25, 0.3) is 0 Å². The predicted molar refractivity (Wildman–Crippen MR) is 168 cm³/mol. The summed E-state index contributed by atoms with van der Waals surface area (Å²) in [6, 6.07) is 0. The van der Waals surface area contributed by atoms with Gasteiger partial charge in [-0.15, -0.1) is 0 Å². The Morgan fingerprint density at radius 1 is 1.04 bits per heavy atom. The van der Waals surface area contributed by atoms with Gasteiger partial charge >= 0.3 is 12.1 Å². The van der Waals surface area contributed by atoms with Crippen molar-refractivity contribution in [1.29, 1.82) is 0 Å². The van der Waals surface area contributed by atoms with E-state index in [-0.39, 0.29) is 57.8 Å². The second-order valence-corrected chi connectivity index (χ2v) is 17.7. The van der Waals surface area contributed by atoms with Crippen LogP contribution < -0.4 is 0 Å². The Bertz CT molecular complexity index is 1200. The normalized spacial score (nSPS) is 48.5. The molecule has 0 bridgehead atoms. The van der Waals surface area contributed by atoms with Crippen molar-refractivity contribution in [2.45, 2.75) is 143 Å². The highest BCUT2D eigenvalue weighted by atomic mass is 16.6. The van der Waals surface area contributed by atoms with Crippen molar-refractivity contribution in [1.82, 2.24) is 4.90 Å². The molecule has 0 aromatic heterocycles. The maximum absolute atomic E-state index is 12.8. The van der Waals surface area contributed by atoms with E-state index in [2.05, 4.69) is 34.6 Å². The number of carboxylic acids is 1. The molecule has 9 heteroatoms. The van der Waals surface area contributed by atoms with E-state index in [4.69, 9.17) is 19.3 Å². The number of likely N-dealkylation sites (N-methyl/N-ethyl adjacent to an activating group) is 1. The molecular weight excluding hydrogens is 574 g/mol. The average Bonchev–Trinajstić information content (AvgIpc) is 3.56. The van der Waals surface area contributed by atoms with Crippen LogP contribution in [0.25, 0.3) is 0 Å². The highest BCUT2D eigenvalue weighted by Crippen LogP contribution is 2.89. The summed E-state index contributed by atoms with van der Waals surface area (Å²) in [5.74, 6) is 0.329. The molecule has 1 unspecified atom stereocenters. The van der Waals surface area contributed by atoms with E-state index in [1.165, 1.54) is 19.9 Å². The van der Waals surface area contributed by atoms with Gasteiger partial charge in [0.2, 0.25) is 0 Å². The standard InChI is InChI=1S/C36H59NO8/c1-10-43-29(32(5,6)42)21-17-20(2)26-27(44-21)28(40)34(8)23-12-11-22-31(3,4)24(45-30(41)37(9)18-25(38)39)13-14-35(22)19-36(23,35)16-15-33(26,34)7/h20-24,26-29,40,42H,10-19H2,1-9H3,(H,38,39)/t20-,21-,22+,23+,24?,26+,27+,28+,29+,33-,34-,35-,36+/m1/s1. The molecule has 0 radical (unpaired) electrons. The number of aliphatic carboxylic acids is 1. The average molecular weight is 634 g/mol. The van der Waals surface area contributed by atoms with Gasteiger partial charge in [-0.1, -0.05) is 34.6 Å². The molecule has 9 nitrogen and oxygen atoms in total. The molecule has 0 aromatic rings. The van der Waals surface area contributed by atoms with Gasteiger partial charge in [-0.2, -0.15) is 0 Å². The van der Waals surface area contributed by atoms with Gasteiger partial charge in [-0.3, -0.25) is 4.79 Å². The third-order valence-corrected chi connectivity index (χ3v) is 15.1. The molecule has 6 fully saturated rings. The lowest BCUT2D eigenvalue weighted by atomic mass is 9.41. The molecule has 1 saturated heterocycles. The monoisotopic (exact) mass is 633 g/mol. The summed E-state index contributed by atoms with van der Waals surface area (Å²) in [5.41, 5.74) is -1.27. The minimum Gasteiger partial charge on any atom is -0.480 e. The molecule has 2 spiro atoms. The third-order valence-electron chi connectivity index (χ3n) is 15.1. The third kappa shape index (κ3) is 4.45. The first kappa shape index (κ1) is 33.5. The molecule has 3 N–H and O–H groups in total. The summed E-state index contributed by atoms with van der Waals surface area (Å²) in [5, 5.41) is 32.6. The first-order valence-corrected chi connectivity index (χ1v) is 17.6. The Hall–Kier alpha value is -1.42. The van der Waals surface area contributed by atoms with Crippen LogP contribution in [-0.4, -0.2) is 88.6 Å². The number of carboxylic acid groups (broad SMARTS) is 1. The molecule has 1 heterocycles. The largest absolute Gasteiger partial charge is 0.480 e. The van der Waals surface area contributed by atoms with Crippen LogP contribution in [0.2, 0.25) is 0 Å². The summed E-state index contributed by atoms with van der Waals surface area (Å²) in [6.07, 6.45) is 5.68. The number of amides is 1. The molecule has 1 amide bonds. The number of carbonyl (C=O) groups excluding carboxylic acids is 1. The van der Waals surface area contributed by atoms with Crippen molar-refractivity contribution in [2.24, 2.45) is 50.7 Å². The zero-order valence-corrected chi connectivity index (χ0v) is 29.1. The summed E-state index contributed by atoms with van der Waals surface area (Å²) in [7, 11) is 1.48. The van der Waals surface area contributed by atoms with Gasteiger partial charge in [0, 0.05) is 24.5 Å². The van der Waals surface area contributed by atoms with Crippen LogP contribution in [0, 0.1) is 50.7 Å². The second kappa shape index (κ2) is 10.5. The fourth-order valence-corrected chi connectivity index (χ4v) is 13.1. The van der Waals surface area contributed by atoms with E-state index in [0.717, 1.165) is 43.4 Å². The SMILES string of the molecule is CCO[C@@H]([C@H]1C[C@@H](C)[C@H]2[C@H](O1)[C@H](O)[C@@]1(C)[C@@H]3CC[C@H]4C(C)(C)C(OC(=O)N(C)CC(=O)O)CC[C@@]45C[C@@]35CC[C@]21C)C(C)(C)O. The second-order valence-electron chi connectivity index (χ2n) is 17.7. The number of carbonyl (C=O) groups is 2. The Morgan fingerprint density at radius 2 is 1.69 bits per heavy atom. The first-order chi connectivity index (χ1) is 20.8. The number of ether oxygens (including phenoxy) is 3. The lowest BCUT2D eigenvalue weighted by Gasteiger charge is -2.63. The van der Waals surface area contributed by atoms with Crippen molar-refractivity contribution in [3.63, 3.8) is 0 Å². The lowest BCUT2D eigenvalue weighted by Crippen LogP contribution is -2.60. The first-order valence-electron chi connectivity index (χ1n) is 17.6. The minimum atomic E-state index is -1.05. The number of hydrogen-bond donors (Lipinski definition) is 3. The summed E-state index contributed by atoms with van der Waals surface area (Å²) < 4.78 is 19.0. The topological polar surface area (TPSA) is 126 Å². The molecular formula is C36H59NO8. The van der Waals surface area contributed by atoms with E-state index >= 15 is 0 Å². The highest BCUT2D eigenvalue weighted by molar-refractivity contribution is 5.76. The quantitative estimate of drug-likeness (QED) is 0.336. The Labute approximate surface area is 269 Å². The van der Waals surface area contributed by atoms with Crippen LogP contribution in [0.4, 0.5) is 4.79 Å². The van der Waals surface area contributed by atoms with E-state index in [9.17, 15) is 19.8 Å². The van der Waals surface area contributed by atoms with Crippen molar-refractivity contribution in [3.8, 4) is 0 Å². The van der Waals surface area contributed by atoms with Crippen molar-refractivity contribution in [2.75, 3.05) is 20.2 Å². The Morgan fingerprint density at radius 3 is 2.31 bits per heavy atom. The molecule has 5 aliphatic carbocycles. The Balaban J connectivity index is 1.26. The van der Waals surface area contributed by atoms with Crippen LogP contribution in [0.3, 0.4) is 0 Å². The van der Waals surface area contributed by atoms with E-state index < -0.39 is 29.9 Å². The van der Waals surface area contributed by atoms with Crippen LogP contribution in [0.1, 0.15) is 107 Å². The predicted octanol–water partition coefficient (Wildman–Crippen LogP) is 5.50.